The fourth-order valence-corrected chi connectivity index (χ4v) is 1.98. The molecular formula is C11H14F2N2O. The van der Waals surface area contributed by atoms with E-state index in [0.717, 1.165) is 6.07 Å². The molecule has 2 rings (SSSR count). The van der Waals surface area contributed by atoms with Crippen LogP contribution in [-0.4, -0.2) is 23.8 Å². The van der Waals surface area contributed by atoms with Gasteiger partial charge in [0.15, 0.2) is 5.82 Å². The molecule has 0 radical (unpaired) electrons. The van der Waals surface area contributed by atoms with E-state index in [2.05, 4.69) is 0 Å². The van der Waals surface area contributed by atoms with Gasteiger partial charge in [-0.3, -0.25) is 0 Å². The van der Waals surface area contributed by atoms with E-state index >= 15 is 0 Å². The van der Waals surface area contributed by atoms with Gasteiger partial charge in [0.05, 0.1) is 17.0 Å². The predicted octanol–water partition coefficient (Wildman–Crippen LogP) is 1.51. The van der Waals surface area contributed by atoms with Crippen molar-refractivity contribution in [3.8, 4) is 0 Å². The topological polar surface area (TPSA) is 49.5 Å². The molecule has 0 bridgehead atoms. The maximum atomic E-state index is 13.2. The molecule has 0 aromatic heterocycles. The SMILES string of the molecule is CC1(O)CCN(c2cc(F)cc(F)c2N)C1. The Bertz CT molecular complexity index is 421. The summed E-state index contributed by atoms with van der Waals surface area (Å²) in [7, 11) is 0. The van der Waals surface area contributed by atoms with Gasteiger partial charge in [0.2, 0.25) is 0 Å². The maximum Gasteiger partial charge on any atom is 0.151 e. The lowest BCUT2D eigenvalue weighted by atomic mass is 10.1. The number of hydrogen-bond acceptors (Lipinski definition) is 3. The van der Waals surface area contributed by atoms with Crippen molar-refractivity contribution in [1.82, 2.24) is 0 Å². The summed E-state index contributed by atoms with van der Waals surface area (Å²) in [6.45, 7) is 2.57. The number of aliphatic hydroxyl groups is 1. The first-order chi connectivity index (χ1) is 7.39. The lowest BCUT2D eigenvalue weighted by Gasteiger charge is -2.22. The molecule has 0 amide bonds. The molecule has 1 atom stereocenters. The molecule has 1 aromatic rings. The van der Waals surface area contributed by atoms with Gasteiger partial charge < -0.3 is 15.7 Å². The summed E-state index contributed by atoms with van der Waals surface area (Å²) in [6, 6.07) is 1.95. The van der Waals surface area contributed by atoms with Crippen LogP contribution in [0, 0.1) is 11.6 Å². The van der Waals surface area contributed by atoms with E-state index < -0.39 is 17.2 Å². The summed E-state index contributed by atoms with van der Waals surface area (Å²) in [6.07, 6.45) is 0.560. The molecule has 16 heavy (non-hydrogen) atoms. The van der Waals surface area contributed by atoms with E-state index in [1.807, 2.05) is 0 Å². The molecule has 0 aliphatic carbocycles. The van der Waals surface area contributed by atoms with Crippen LogP contribution in [0.2, 0.25) is 0 Å². The van der Waals surface area contributed by atoms with Gasteiger partial charge in [-0.25, -0.2) is 8.78 Å². The first-order valence-electron chi connectivity index (χ1n) is 5.11. The van der Waals surface area contributed by atoms with Crippen LogP contribution in [-0.2, 0) is 0 Å². The monoisotopic (exact) mass is 228 g/mol. The van der Waals surface area contributed by atoms with E-state index in [-0.39, 0.29) is 5.69 Å². The molecule has 1 saturated heterocycles. The van der Waals surface area contributed by atoms with Crippen LogP contribution in [0.1, 0.15) is 13.3 Å². The molecule has 1 unspecified atom stereocenters. The molecule has 1 heterocycles. The second-order valence-electron chi connectivity index (χ2n) is 4.49. The molecule has 1 aliphatic rings. The molecule has 5 heteroatoms. The van der Waals surface area contributed by atoms with Gasteiger partial charge in [0.25, 0.3) is 0 Å². The van der Waals surface area contributed by atoms with Crippen molar-refractivity contribution in [3.05, 3.63) is 23.8 Å². The van der Waals surface area contributed by atoms with Crippen LogP contribution in [0.4, 0.5) is 20.2 Å². The van der Waals surface area contributed by atoms with E-state index in [4.69, 9.17) is 5.73 Å². The minimum atomic E-state index is -0.824. The van der Waals surface area contributed by atoms with E-state index in [9.17, 15) is 13.9 Å². The van der Waals surface area contributed by atoms with Crippen molar-refractivity contribution in [3.63, 3.8) is 0 Å². The van der Waals surface area contributed by atoms with Crippen LogP contribution >= 0.6 is 0 Å². The van der Waals surface area contributed by atoms with Gasteiger partial charge in [0, 0.05) is 19.2 Å². The number of halogens is 2. The van der Waals surface area contributed by atoms with Gasteiger partial charge >= 0.3 is 0 Å². The molecular weight excluding hydrogens is 214 g/mol. The van der Waals surface area contributed by atoms with Crippen LogP contribution in [0.25, 0.3) is 0 Å². The molecule has 1 fully saturated rings. The number of benzene rings is 1. The number of nitrogen functional groups attached to an aromatic ring is 1. The van der Waals surface area contributed by atoms with Crippen LogP contribution in [0.3, 0.4) is 0 Å². The third kappa shape index (κ3) is 1.95. The first-order valence-corrected chi connectivity index (χ1v) is 5.11. The smallest absolute Gasteiger partial charge is 0.151 e. The van der Waals surface area contributed by atoms with Crippen molar-refractivity contribution in [2.45, 2.75) is 18.9 Å². The highest BCUT2D eigenvalue weighted by Crippen LogP contribution is 2.32. The number of rotatable bonds is 1. The zero-order chi connectivity index (χ0) is 11.9. The minimum Gasteiger partial charge on any atom is -0.395 e. The highest BCUT2D eigenvalue weighted by molar-refractivity contribution is 5.68. The summed E-state index contributed by atoms with van der Waals surface area (Å²) in [4.78, 5) is 1.70. The van der Waals surface area contributed by atoms with Gasteiger partial charge in [-0.2, -0.15) is 0 Å². The lowest BCUT2D eigenvalue weighted by molar-refractivity contribution is 0.0839. The molecule has 1 aliphatic heterocycles. The summed E-state index contributed by atoms with van der Waals surface area (Å²) in [5.41, 5.74) is 4.98. The summed E-state index contributed by atoms with van der Waals surface area (Å²) < 4.78 is 26.3. The van der Waals surface area contributed by atoms with Crippen molar-refractivity contribution < 1.29 is 13.9 Å². The van der Waals surface area contributed by atoms with Gasteiger partial charge in [0.1, 0.15) is 5.82 Å². The quantitative estimate of drug-likeness (QED) is 0.716. The maximum absolute atomic E-state index is 13.2. The minimum absolute atomic E-state index is 0.0703. The highest BCUT2D eigenvalue weighted by Gasteiger charge is 2.32. The predicted molar refractivity (Wildman–Crippen MR) is 58.2 cm³/mol. The number of hydrogen-bond donors (Lipinski definition) is 2. The molecule has 0 saturated carbocycles. The van der Waals surface area contributed by atoms with Crippen molar-refractivity contribution in [2.75, 3.05) is 23.7 Å². The van der Waals surface area contributed by atoms with Gasteiger partial charge in [-0.1, -0.05) is 0 Å². The van der Waals surface area contributed by atoms with Crippen molar-refractivity contribution in [1.29, 1.82) is 0 Å². The fraction of sp³-hybridized carbons (Fsp3) is 0.455. The van der Waals surface area contributed by atoms with Crippen LogP contribution in [0.5, 0.6) is 0 Å². The number of β-amino-alcohol motifs (C(OH)–C–C–N with tert-alkyl or cyclic N) is 1. The van der Waals surface area contributed by atoms with Crippen LogP contribution in [0.15, 0.2) is 12.1 Å². The average molecular weight is 228 g/mol. The normalized spacial score (nSPS) is 25.1. The van der Waals surface area contributed by atoms with E-state index in [0.29, 0.717) is 25.2 Å². The Kier molecular flexibility index (Phi) is 2.50. The summed E-state index contributed by atoms with van der Waals surface area (Å²) in [5.74, 6) is -1.42. The first kappa shape index (κ1) is 11.1. The molecule has 3 nitrogen and oxygen atoms in total. The van der Waals surface area contributed by atoms with E-state index in [1.165, 1.54) is 6.07 Å². The Morgan fingerprint density at radius 3 is 2.69 bits per heavy atom. The molecule has 1 aromatic carbocycles. The highest BCUT2D eigenvalue weighted by atomic mass is 19.1. The standard InChI is InChI=1S/C11H14F2N2O/c1-11(16)2-3-15(6-11)9-5-7(12)4-8(13)10(9)14/h4-5,16H,2-3,6,14H2,1H3. The molecule has 3 N–H and O–H groups in total. The zero-order valence-electron chi connectivity index (χ0n) is 9.00. The van der Waals surface area contributed by atoms with Crippen molar-refractivity contribution >= 4 is 11.4 Å². The lowest BCUT2D eigenvalue weighted by Crippen LogP contribution is -2.30. The van der Waals surface area contributed by atoms with Crippen molar-refractivity contribution in [2.24, 2.45) is 0 Å². The Labute approximate surface area is 92.5 Å². The number of nitrogens with zero attached hydrogens (tertiary/aromatic N) is 1. The zero-order valence-corrected chi connectivity index (χ0v) is 9.00. The number of nitrogens with two attached hydrogens (primary N) is 1. The summed E-state index contributed by atoms with van der Waals surface area (Å²) >= 11 is 0. The largest absolute Gasteiger partial charge is 0.395 e. The Hall–Kier alpha value is -1.36. The third-order valence-electron chi connectivity index (χ3n) is 2.86. The second kappa shape index (κ2) is 3.59. The van der Waals surface area contributed by atoms with Gasteiger partial charge in [-0.15, -0.1) is 0 Å². The third-order valence-corrected chi connectivity index (χ3v) is 2.86. The molecule has 88 valence electrons. The van der Waals surface area contributed by atoms with Crippen LogP contribution < -0.4 is 10.6 Å². The average Bonchev–Trinajstić information content (AvgIpc) is 2.52. The Balaban J connectivity index is 2.35. The Morgan fingerprint density at radius 2 is 2.12 bits per heavy atom. The van der Waals surface area contributed by atoms with E-state index in [1.54, 1.807) is 11.8 Å². The van der Waals surface area contributed by atoms with Gasteiger partial charge in [-0.05, 0) is 19.4 Å². The Morgan fingerprint density at radius 1 is 1.44 bits per heavy atom. The second-order valence-corrected chi connectivity index (χ2v) is 4.49. The summed E-state index contributed by atoms with van der Waals surface area (Å²) in [5, 5.41) is 9.79. The fourth-order valence-electron chi connectivity index (χ4n) is 1.98. The molecule has 0 spiro atoms. The number of anilines is 2.